The Labute approximate surface area is 82.2 Å². The number of unbranched alkanes of at least 4 members (excludes halogenated alkanes) is 2. The summed E-state index contributed by atoms with van der Waals surface area (Å²) in [6.45, 7) is 8.17. The summed E-state index contributed by atoms with van der Waals surface area (Å²) >= 11 is 0. The maximum absolute atomic E-state index is 10.7. The molecule has 0 aromatic heterocycles. The van der Waals surface area contributed by atoms with Gasteiger partial charge >= 0.3 is 0 Å². The first-order chi connectivity index (χ1) is 5.98. The van der Waals surface area contributed by atoms with Gasteiger partial charge < -0.3 is 0 Å². The first-order valence-corrected chi connectivity index (χ1v) is 5.18. The Morgan fingerprint density at radius 3 is 2.38 bits per heavy atom. The number of rotatable bonds is 6. The van der Waals surface area contributed by atoms with Crippen molar-refractivity contribution >= 4 is 5.78 Å². The standard InChI is InChI=1S/C12H22O/c1-5-6-7-9-12(3,4)10-8-11(2)13/h8,10H,5-7,9H2,1-4H3/b10-8+. The van der Waals surface area contributed by atoms with Crippen molar-refractivity contribution in [1.29, 1.82) is 0 Å². The molecule has 1 heteroatoms. The topological polar surface area (TPSA) is 17.1 Å². The third-order valence-corrected chi connectivity index (χ3v) is 2.19. The van der Waals surface area contributed by atoms with Crippen LogP contribution in [0, 0.1) is 5.41 Å². The second-order valence-corrected chi connectivity index (χ2v) is 4.39. The van der Waals surface area contributed by atoms with Crippen LogP contribution in [0.25, 0.3) is 0 Å². The van der Waals surface area contributed by atoms with Crippen LogP contribution in [0.5, 0.6) is 0 Å². The highest BCUT2D eigenvalue weighted by molar-refractivity contribution is 5.87. The third-order valence-electron chi connectivity index (χ3n) is 2.19. The fraction of sp³-hybridized carbons (Fsp3) is 0.750. The van der Waals surface area contributed by atoms with Crippen LogP contribution >= 0.6 is 0 Å². The first kappa shape index (κ1) is 12.4. The van der Waals surface area contributed by atoms with E-state index in [1.54, 1.807) is 13.0 Å². The molecule has 13 heavy (non-hydrogen) atoms. The van der Waals surface area contributed by atoms with Crippen molar-refractivity contribution in [3.63, 3.8) is 0 Å². The van der Waals surface area contributed by atoms with Gasteiger partial charge in [0.2, 0.25) is 0 Å². The molecule has 0 saturated carbocycles. The largest absolute Gasteiger partial charge is 0.295 e. The molecule has 76 valence electrons. The predicted octanol–water partition coefficient (Wildman–Crippen LogP) is 3.74. The van der Waals surface area contributed by atoms with Crippen molar-refractivity contribution in [2.45, 2.75) is 53.4 Å². The van der Waals surface area contributed by atoms with E-state index in [9.17, 15) is 4.79 Å². The molecule has 0 spiro atoms. The van der Waals surface area contributed by atoms with Gasteiger partial charge in [0.15, 0.2) is 5.78 Å². The van der Waals surface area contributed by atoms with Crippen LogP contribution in [-0.4, -0.2) is 5.78 Å². The lowest BCUT2D eigenvalue weighted by molar-refractivity contribution is -0.112. The highest BCUT2D eigenvalue weighted by Crippen LogP contribution is 2.25. The van der Waals surface area contributed by atoms with Crippen molar-refractivity contribution < 1.29 is 4.79 Å². The van der Waals surface area contributed by atoms with Gasteiger partial charge in [0.1, 0.15) is 0 Å². The van der Waals surface area contributed by atoms with Crippen molar-refractivity contribution in [3.05, 3.63) is 12.2 Å². The highest BCUT2D eigenvalue weighted by Gasteiger charge is 2.12. The molecule has 0 unspecified atom stereocenters. The number of hydrogen-bond acceptors (Lipinski definition) is 1. The molecule has 0 aromatic rings. The van der Waals surface area contributed by atoms with E-state index < -0.39 is 0 Å². The smallest absolute Gasteiger partial charge is 0.152 e. The molecule has 0 saturated heterocycles. The van der Waals surface area contributed by atoms with Crippen LogP contribution in [-0.2, 0) is 4.79 Å². The fourth-order valence-electron chi connectivity index (χ4n) is 1.26. The summed E-state index contributed by atoms with van der Waals surface area (Å²) < 4.78 is 0. The van der Waals surface area contributed by atoms with E-state index in [4.69, 9.17) is 0 Å². The Kier molecular flexibility index (Phi) is 5.68. The van der Waals surface area contributed by atoms with Gasteiger partial charge in [-0.05, 0) is 24.8 Å². The molecule has 0 bridgehead atoms. The van der Waals surface area contributed by atoms with Gasteiger partial charge in [-0.25, -0.2) is 0 Å². The average molecular weight is 182 g/mol. The van der Waals surface area contributed by atoms with Crippen LogP contribution < -0.4 is 0 Å². The van der Waals surface area contributed by atoms with Crippen molar-refractivity contribution in [1.82, 2.24) is 0 Å². The van der Waals surface area contributed by atoms with E-state index in [2.05, 4.69) is 20.8 Å². The minimum Gasteiger partial charge on any atom is -0.295 e. The second-order valence-electron chi connectivity index (χ2n) is 4.39. The van der Waals surface area contributed by atoms with Crippen LogP contribution in [0.1, 0.15) is 53.4 Å². The summed E-state index contributed by atoms with van der Waals surface area (Å²) in [5.41, 5.74) is 0.181. The molecule has 0 N–H and O–H groups in total. The number of hydrogen-bond donors (Lipinski definition) is 0. The summed E-state index contributed by atoms with van der Waals surface area (Å²) in [5.74, 6) is 0.142. The van der Waals surface area contributed by atoms with Crippen molar-refractivity contribution in [3.8, 4) is 0 Å². The minimum atomic E-state index is 0.142. The zero-order valence-electron chi connectivity index (χ0n) is 9.39. The Bertz CT molecular complexity index is 178. The van der Waals surface area contributed by atoms with E-state index in [1.165, 1.54) is 25.7 Å². The quantitative estimate of drug-likeness (QED) is 0.452. The Balaban J connectivity index is 3.85. The zero-order valence-corrected chi connectivity index (χ0v) is 9.39. The lowest BCUT2D eigenvalue weighted by Gasteiger charge is -2.19. The summed E-state index contributed by atoms with van der Waals surface area (Å²) in [6, 6.07) is 0. The summed E-state index contributed by atoms with van der Waals surface area (Å²) in [5, 5.41) is 0. The van der Waals surface area contributed by atoms with Gasteiger partial charge in [0, 0.05) is 0 Å². The van der Waals surface area contributed by atoms with Gasteiger partial charge in [-0.3, -0.25) is 4.79 Å². The average Bonchev–Trinajstić information content (AvgIpc) is 2.02. The number of carbonyl (C=O) groups is 1. The van der Waals surface area contributed by atoms with E-state index in [0.29, 0.717) is 0 Å². The molecule has 0 atom stereocenters. The van der Waals surface area contributed by atoms with Crippen LogP contribution in [0.4, 0.5) is 0 Å². The number of allylic oxidation sites excluding steroid dienone is 2. The molecule has 0 aliphatic rings. The molecule has 0 heterocycles. The lowest BCUT2D eigenvalue weighted by Crippen LogP contribution is -2.07. The van der Waals surface area contributed by atoms with Crippen LogP contribution in [0.15, 0.2) is 12.2 Å². The highest BCUT2D eigenvalue weighted by atomic mass is 16.1. The fourth-order valence-corrected chi connectivity index (χ4v) is 1.26. The zero-order chi connectivity index (χ0) is 10.3. The number of carbonyl (C=O) groups excluding carboxylic acids is 1. The molecule has 1 nitrogen and oxygen atoms in total. The second kappa shape index (κ2) is 5.95. The third kappa shape index (κ3) is 7.76. The SMILES string of the molecule is CCCCCC(C)(C)/C=C/C(C)=O. The number of ketones is 1. The van der Waals surface area contributed by atoms with Gasteiger partial charge in [0.25, 0.3) is 0 Å². The molecule has 0 radical (unpaired) electrons. The molecular weight excluding hydrogens is 160 g/mol. The Morgan fingerprint density at radius 2 is 1.92 bits per heavy atom. The molecular formula is C12H22O. The summed E-state index contributed by atoms with van der Waals surface area (Å²) in [7, 11) is 0. The molecule has 0 fully saturated rings. The molecule has 0 aliphatic heterocycles. The van der Waals surface area contributed by atoms with Gasteiger partial charge in [-0.15, -0.1) is 0 Å². The van der Waals surface area contributed by atoms with Crippen molar-refractivity contribution in [2.75, 3.05) is 0 Å². The lowest BCUT2D eigenvalue weighted by atomic mass is 9.86. The van der Waals surface area contributed by atoms with Gasteiger partial charge in [-0.1, -0.05) is 46.1 Å². The normalized spacial score (nSPS) is 12.3. The van der Waals surface area contributed by atoms with Gasteiger partial charge in [-0.2, -0.15) is 0 Å². The van der Waals surface area contributed by atoms with E-state index in [1.807, 2.05) is 6.08 Å². The maximum atomic E-state index is 10.7. The van der Waals surface area contributed by atoms with Crippen LogP contribution in [0.3, 0.4) is 0 Å². The van der Waals surface area contributed by atoms with E-state index in [0.717, 1.165) is 0 Å². The minimum absolute atomic E-state index is 0.142. The monoisotopic (exact) mass is 182 g/mol. The first-order valence-electron chi connectivity index (χ1n) is 5.18. The van der Waals surface area contributed by atoms with E-state index >= 15 is 0 Å². The predicted molar refractivity (Wildman–Crippen MR) is 57.7 cm³/mol. The Morgan fingerprint density at radius 1 is 1.31 bits per heavy atom. The maximum Gasteiger partial charge on any atom is 0.152 e. The van der Waals surface area contributed by atoms with E-state index in [-0.39, 0.29) is 11.2 Å². The molecule has 0 aromatic carbocycles. The molecule has 0 aliphatic carbocycles. The summed E-state index contributed by atoms with van der Waals surface area (Å²) in [6.07, 6.45) is 8.69. The van der Waals surface area contributed by atoms with Crippen LogP contribution in [0.2, 0.25) is 0 Å². The molecule has 0 rings (SSSR count). The summed E-state index contributed by atoms with van der Waals surface area (Å²) in [4.78, 5) is 10.7. The van der Waals surface area contributed by atoms with Crippen molar-refractivity contribution in [2.24, 2.45) is 5.41 Å². The Hall–Kier alpha value is -0.590. The molecule has 0 amide bonds. The van der Waals surface area contributed by atoms with Gasteiger partial charge in [0.05, 0.1) is 0 Å².